The molecule has 0 atom stereocenters. The van der Waals surface area contributed by atoms with Crippen LogP contribution in [-0.4, -0.2) is 46.0 Å². The van der Waals surface area contributed by atoms with Crippen LogP contribution in [0.2, 0.25) is 0 Å². The van der Waals surface area contributed by atoms with Gasteiger partial charge in [-0.15, -0.1) is 0 Å². The fourth-order valence-electron chi connectivity index (χ4n) is 3.16. The predicted octanol–water partition coefficient (Wildman–Crippen LogP) is 4.24. The van der Waals surface area contributed by atoms with Gasteiger partial charge in [-0.25, -0.2) is 0 Å². The van der Waals surface area contributed by atoms with E-state index in [4.69, 9.17) is 21.7 Å². The summed E-state index contributed by atoms with van der Waals surface area (Å²) >= 11 is 9.66. The molecule has 2 aliphatic rings. The second-order valence-electron chi connectivity index (χ2n) is 6.57. The Hall–Kier alpha value is -1.58. The molecule has 1 aromatic carbocycles. The maximum atomic E-state index is 12.7. The molecule has 1 aliphatic carbocycles. The van der Waals surface area contributed by atoms with Crippen LogP contribution >= 0.6 is 39.9 Å². The van der Waals surface area contributed by atoms with Crippen molar-refractivity contribution in [2.24, 2.45) is 0 Å². The van der Waals surface area contributed by atoms with Gasteiger partial charge in [-0.2, -0.15) is 0 Å². The number of thiocarbonyl (C=S) groups is 1. The maximum Gasteiger partial charge on any atom is 0.326 e. The minimum atomic E-state index is -0.432. The van der Waals surface area contributed by atoms with Crippen molar-refractivity contribution >= 4 is 62.2 Å². The zero-order valence-electron chi connectivity index (χ0n) is 15.3. The summed E-state index contributed by atoms with van der Waals surface area (Å²) < 4.78 is 11.4. The van der Waals surface area contributed by atoms with E-state index in [1.165, 1.54) is 18.4 Å². The zero-order chi connectivity index (χ0) is 20.3. The van der Waals surface area contributed by atoms with Crippen LogP contribution in [-0.2, 0) is 14.3 Å². The number of ether oxygens (including phenoxy) is 2. The van der Waals surface area contributed by atoms with E-state index in [2.05, 4.69) is 15.9 Å². The summed E-state index contributed by atoms with van der Waals surface area (Å²) in [6.07, 6.45) is 6.64. The molecule has 0 aromatic heterocycles. The number of amides is 1. The molecular formula is C19H20BrNO5S2. The number of rotatable bonds is 5. The average Bonchev–Trinajstić information content (AvgIpc) is 2.92. The third-order valence-electron chi connectivity index (χ3n) is 4.58. The molecule has 150 valence electrons. The molecule has 0 radical (unpaired) electrons. The second kappa shape index (κ2) is 9.28. The lowest BCUT2D eigenvalue weighted by molar-refractivity contribution is -0.152. The molecule has 1 heterocycles. The quantitative estimate of drug-likeness (QED) is 0.379. The molecule has 0 spiro atoms. The summed E-state index contributed by atoms with van der Waals surface area (Å²) in [6, 6.07) is 3.28. The van der Waals surface area contributed by atoms with Crippen molar-refractivity contribution in [3.8, 4) is 11.5 Å². The largest absolute Gasteiger partial charge is 0.503 e. The summed E-state index contributed by atoms with van der Waals surface area (Å²) in [7, 11) is 1.45. The number of phenolic OH excluding ortho intramolecular Hbond substituents is 1. The van der Waals surface area contributed by atoms with Crippen molar-refractivity contribution in [1.29, 1.82) is 0 Å². The Kier molecular flexibility index (Phi) is 7.00. The number of aromatic hydroxyl groups is 1. The zero-order valence-corrected chi connectivity index (χ0v) is 18.5. The van der Waals surface area contributed by atoms with Gasteiger partial charge >= 0.3 is 5.97 Å². The normalized spacial score (nSPS) is 19.4. The SMILES string of the molecule is COc1cc(/C=C2\SC(=S)N(CC(=O)OC3CCCCC3)C2=O)cc(Br)c1O. The number of halogens is 1. The van der Waals surface area contributed by atoms with Gasteiger partial charge in [0.2, 0.25) is 0 Å². The number of nitrogens with zero attached hydrogens (tertiary/aromatic N) is 1. The van der Waals surface area contributed by atoms with Gasteiger partial charge in [0.05, 0.1) is 16.5 Å². The molecule has 1 amide bonds. The van der Waals surface area contributed by atoms with Crippen molar-refractivity contribution < 1.29 is 24.2 Å². The number of methoxy groups -OCH3 is 1. The van der Waals surface area contributed by atoms with E-state index in [0.717, 1.165) is 37.4 Å². The van der Waals surface area contributed by atoms with Crippen LogP contribution in [0.3, 0.4) is 0 Å². The van der Waals surface area contributed by atoms with Crippen LogP contribution < -0.4 is 4.74 Å². The lowest BCUT2D eigenvalue weighted by Gasteiger charge is -2.23. The number of phenols is 1. The number of esters is 1. The number of carbonyl (C=O) groups is 2. The molecule has 1 aliphatic heterocycles. The third kappa shape index (κ3) is 4.87. The van der Waals surface area contributed by atoms with Gasteiger partial charge in [0.25, 0.3) is 5.91 Å². The Labute approximate surface area is 181 Å². The topological polar surface area (TPSA) is 76.1 Å². The van der Waals surface area contributed by atoms with E-state index in [9.17, 15) is 14.7 Å². The number of thioether (sulfide) groups is 1. The molecular weight excluding hydrogens is 466 g/mol. The highest BCUT2D eigenvalue weighted by Gasteiger charge is 2.34. The van der Waals surface area contributed by atoms with E-state index < -0.39 is 5.97 Å². The van der Waals surface area contributed by atoms with Gasteiger partial charge in [-0.05, 0) is 65.4 Å². The number of hydrogen-bond acceptors (Lipinski definition) is 7. The van der Waals surface area contributed by atoms with Gasteiger partial charge in [0.15, 0.2) is 11.5 Å². The average molecular weight is 486 g/mol. The summed E-state index contributed by atoms with van der Waals surface area (Å²) in [5.41, 5.74) is 0.659. The number of hydrogen-bond donors (Lipinski definition) is 1. The summed E-state index contributed by atoms with van der Waals surface area (Å²) in [6.45, 7) is -0.179. The van der Waals surface area contributed by atoms with E-state index in [1.54, 1.807) is 18.2 Å². The Morgan fingerprint density at radius 3 is 2.79 bits per heavy atom. The summed E-state index contributed by atoms with van der Waals surface area (Å²) in [5.74, 6) is -0.498. The van der Waals surface area contributed by atoms with E-state index in [-0.39, 0.29) is 30.1 Å². The molecule has 6 nitrogen and oxygen atoms in total. The lowest BCUT2D eigenvalue weighted by atomic mass is 9.98. The Balaban J connectivity index is 1.70. The molecule has 1 saturated heterocycles. The molecule has 1 aromatic rings. The minimum Gasteiger partial charge on any atom is -0.503 e. The third-order valence-corrected chi connectivity index (χ3v) is 6.56. The van der Waals surface area contributed by atoms with Gasteiger partial charge in [0.1, 0.15) is 17.0 Å². The van der Waals surface area contributed by atoms with Crippen LogP contribution in [0.4, 0.5) is 0 Å². The van der Waals surface area contributed by atoms with E-state index in [1.807, 2.05) is 0 Å². The summed E-state index contributed by atoms with van der Waals surface area (Å²) in [4.78, 5) is 26.6. The monoisotopic (exact) mass is 485 g/mol. The molecule has 0 bridgehead atoms. The Morgan fingerprint density at radius 1 is 1.39 bits per heavy atom. The van der Waals surface area contributed by atoms with Crippen molar-refractivity contribution in [2.75, 3.05) is 13.7 Å². The first kappa shape index (κ1) is 21.1. The lowest BCUT2D eigenvalue weighted by Crippen LogP contribution is -2.36. The van der Waals surface area contributed by atoms with E-state index in [0.29, 0.717) is 19.3 Å². The minimum absolute atomic E-state index is 0.0161. The number of carbonyl (C=O) groups excluding carboxylic acids is 2. The van der Waals surface area contributed by atoms with Crippen LogP contribution in [0, 0.1) is 0 Å². The molecule has 9 heteroatoms. The standard InChI is InChI=1S/C19H20BrNO5S2/c1-25-14-8-11(7-13(20)17(14)23)9-15-18(24)21(19(27)28-15)10-16(22)26-12-5-3-2-4-6-12/h7-9,12,23H,2-6,10H2,1H3/b15-9-. The highest BCUT2D eigenvalue weighted by atomic mass is 79.9. The first-order valence-corrected chi connectivity index (χ1v) is 10.9. The van der Waals surface area contributed by atoms with Crippen molar-refractivity contribution in [3.63, 3.8) is 0 Å². The molecule has 3 rings (SSSR count). The first-order valence-electron chi connectivity index (χ1n) is 8.90. The molecule has 1 saturated carbocycles. The van der Waals surface area contributed by atoms with Gasteiger partial charge < -0.3 is 14.6 Å². The van der Waals surface area contributed by atoms with Crippen molar-refractivity contribution in [3.05, 3.63) is 27.1 Å². The van der Waals surface area contributed by atoms with Crippen LogP contribution in [0.25, 0.3) is 6.08 Å². The van der Waals surface area contributed by atoms with Gasteiger partial charge in [-0.1, -0.05) is 30.4 Å². The summed E-state index contributed by atoms with van der Waals surface area (Å²) in [5, 5.41) is 9.91. The Morgan fingerprint density at radius 2 is 2.11 bits per heavy atom. The highest BCUT2D eigenvalue weighted by molar-refractivity contribution is 9.10. The van der Waals surface area contributed by atoms with Crippen LogP contribution in [0.1, 0.15) is 37.7 Å². The molecule has 28 heavy (non-hydrogen) atoms. The van der Waals surface area contributed by atoms with Gasteiger partial charge in [-0.3, -0.25) is 14.5 Å². The van der Waals surface area contributed by atoms with Crippen LogP contribution in [0.5, 0.6) is 11.5 Å². The predicted molar refractivity (Wildman–Crippen MR) is 115 cm³/mol. The highest BCUT2D eigenvalue weighted by Crippen LogP contribution is 2.38. The Bertz CT molecular complexity index is 836. The fraction of sp³-hybridized carbons (Fsp3) is 0.421. The van der Waals surface area contributed by atoms with Crippen molar-refractivity contribution in [2.45, 2.75) is 38.2 Å². The fourth-order valence-corrected chi connectivity index (χ4v) is 4.87. The van der Waals surface area contributed by atoms with E-state index >= 15 is 0 Å². The smallest absolute Gasteiger partial charge is 0.326 e. The maximum absolute atomic E-state index is 12.7. The van der Waals surface area contributed by atoms with Gasteiger partial charge in [0, 0.05) is 0 Å². The number of benzene rings is 1. The van der Waals surface area contributed by atoms with Crippen molar-refractivity contribution in [1.82, 2.24) is 4.90 Å². The van der Waals surface area contributed by atoms with Crippen LogP contribution in [0.15, 0.2) is 21.5 Å². The molecule has 2 fully saturated rings. The molecule has 0 unspecified atom stereocenters. The second-order valence-corrected chi connectivity index (χ2v) is 9.10. The molecule has 1 N–H and O–H groups in total. The first-order chi connectivity index (χ1) is 13.4.